The highest BCUT2D eigenvalue weighted by Gasteiger charge is 2.44. The molecule has 1 rings (SSSR count). The molecule has 0 aliphatic carbocycles. The van der Waals surface area contributed by atoms with Gasteiger partial charge in [-0.1, -0.05) is 0 Å². The fourth-order valence-electron chi connectivity index (χ4n) is 1.01. The molecule has 0 amide bonds. The molecule has 0 fully saturated rings. The third-order valence-corrected chi connectivity index (χ3v) is 1.51. The number of aliphatic hydroxyl groups is 1. The van der Waals surface area contributed by atoms with Gasteiger partial charge in [0.15, 0.2) is 6.04 Å². The summed E-state index contributed by atoms with van der Waals surface area (Å²) in [6.45, 7) is 1.06. The average molecular weight is 195 g/mol. The van der Waals surface area contributed by atoms with Crippen LogP contribution in [-0.4, -0.2) is 32.2 Å². The van der Waals surface area contributed by atoms with Crippen LogP contribution >= 0.6 is 0 Å². The van der Waals surface area contributed by atoms with Gasteiger partial charge in [-0.25, -0.2) is 9.67 Å². The summed E-state index contributed by atoms with van der Waals surface area (Å²) in [6, 6.07) is -2.03. The van der Waals surface area contributed by atoms with Crippen LogP contribution in [0.2, 0.25) is 0 Å². The second-order valence-electron chi connectivity index (χ2n) is 2.60. The lowest BCUT2D eigenvalue weighted by atomic mass is 10.2. The molecule has 0 bridgehead atoms. The maximum Gasteiger partial charge on any atom is 0.413 e. The van der Waals surface area contributed by atoms with E-state index in [0.29, 0.717) is 4.68 Å². The lowest BCUT2D eigenvalue weighted by Gasteiger charge is -2.22. The van der Waals surface area contributed by atoms with Crippen LogP contribution in [-0.2, 0) is 0 Å². The van der Waals surface area contributed by atoms with Crippen LogP contribution in [0.5, 0.6) is 0 Å². The van der Waals surface area contributed by atoms with Crippen LogP contribution in [0.1, 0.15) is 13.0 Å². The predicted molar refractivity (Wildman–Crippen MR) is 36.8 cm³/mol. The van der Waals surface area contributed by atoms with Crippen molar-refractivity contribution in [1.82, 2.24) is 14.8 Å². The van der Waals surface area contributed by atoms with Crippen molar-refractivity contribution in [3.8, 4) is 0 Å². The Bertz CT molecular complexity index is 257. The molecule has 0 aliphatic rings. The summed E-state index contributed by atoms with van der Waals surface area (Å²) in [4.78, 5) is 3.38. The normalized spacial score (nSPS) is 17.0. The molecule has 2 unspecified atom stereocenters. The molecule has 1 heterocycles. The van der Waals surface area contributed by atoms with Gasteiger partial charge in [0.05, 0.1) is 6.10 Å². The van der Waals surface area contributed by atoms with Gasteiger partial charge in [0.1, 0.15) is 12.7 Å². The Labute approximate surface area is 72.0 Å². The number of rotatable bonds is 2. The van der Waals surface area contributed by atoms with Crippen LogP contribution in [0.4, 0.5) is 13.2 Å². The van der Waals surface area contributed by atoms with Crippen LogP contribution in [0, 0.1) is 0 Å². The third-order valence-electron chi connectivity index (χ3n) is 1.51. The minimum atomic E-state index is -4.53. The Morgan fingerprint density at radius 2 is 2.08 bits per heavy atom. The van der Waals surface area contributed by atoms with Gasteiger partial charge in [-0.05, 0) is 6.92 Å². The van der Waals surface area contributed by atoms with E-state index in [0.717, 1.165) is 19.6 Å². The van der Waals surface area contributed by atoms with E-state index in [1.807, 2.05) is 0 Å². The topological polar surface area (TPSA) is 50.9 Å². The largest absolute Gasteiger partial charge is 0.413 e. The van der Waals surface area contributed by atoms with Gasteiger partial charge >= 0.3 is 6.18 Å². The minimum Gasteiger partial charge on any atom is -0.391 e. The number of alkyl halides is 3. The summed E-state index contributed by atoms with van der Waals surface area (Å²) in [5, 5.41) is 12.2. The van der Waals surface area contributed by atoms with Crippen molar-refractivity contribution in [2.75, 3.05) is 0 Å². The minimum absolute atomic E-state index is 0.588. The summed E-state index contributed by atoms with van der Waals surface area (Å²) in [5.74, 6) is 0. The van der Waals surface area contributed by atoms with E-state index >= 15 is 0 Å². The van der Waals surface area contributed by atoms with Gasteiger partial charge in [0.25, 0.3) is 0 Å². The van der Waals surface area contributed by atoms with Gasteiger partial charge in [-0.3, -0.25) is 0 Å². The smallest absolute Gasteiger partial charge is 0.391 e. The maximum absolute atomic E-state index is 12.3. The lowest BCUT2D eigenvalue weighted by Crippen LogP contribution is -2.35. The SMILES string of the molecule is CC(O)C(n1cncn1)C(F)(F)F. The molecule has 1 aromatic heterocycles. The van der Waals surface area contributed by atoms with Gasteiger partial charge in [-0.2, -0.15) is 18.3 Å². The van der Waals surface area contributed by atoms with Gasteiger partial charge in [-0.15, -0.1) is 0 Å². The highest BCUT2D eigenvalue weighted by molar-refractivity contribution is 4.79. The van der Waals surface area contributed by atoms with E-state index in [9.17, 15) is 13.2 Å². The van der Waals surface area contributed by atoms with Crippen LogP contribution in [0.3, 0.4) is 0 Å². The predicted octanol–water partition coefficient (Wildman–Crippen LogP) is 0.762. The number of hydrogen-bond acceptors (Lipinski definition) is 3. The molecule has 2 atom stereocenters. The molecule has 13 heavy (non-hydrogen) atoms. The summed E-state index contributed by atoms with van der Waals surface area (Å²) in [6.07, 6.45) is -4.17. The van der Waals surface area contributed by atoms with Crippen LogP contribution < -0.4 is 0 Å². The first-order valence-corrected chi connectivity index (χ1v) is 3.52. The van der Waals surface area contributed by atoms with Crippen molar-refractivity contribution >= 4 is 0 Å². The third kappa shape index (κ3) is 2.18. The fraction of sp³-hybridized carbons (Fsp3) is 0.667. The van der Waals surface area contributed by atoms with Crippen molar-refractivity contribution in [3.05, 3.63) is 12.7 Å². The van der Waals surface area contributed by atoms with Gasteiger partial charge < -0.3 is 5.11 Å². The van der Waals surface area contributed by atoms with Crippen molar-refractivity contribution in [2.45, 2.75) is 25.2 Å². The number of aromatic nitrogens is 3. The average Bonchev–Trinajstić information content (AvgIpc) is 2.34. The van der Waals surface area contributed by atoms with Crippen molar-refractivity contribution in [1.29, 1.82) is 0 Å². The molecular weight excluding hydrogens is 187 g/mol. The summed E-state index contributed by atoms with van der Waals surface area (Å²) >= 11 is 0. The van der Waals surface area contributed by atoms with Crippen molar-refractivity contribution < 1.29 is 18.3 Å². The molecule has 0 saturated heterocycles. The van der Waals surface area contributed by atoms with Crippen molar-refractivity contribution in [2.24, 2.45) is 0 Å². The molecule has 0 saturated carbocycles. The first kappa shape index (κ1) is 9.97. The zero-order valence-corrected chi connectivity index (χ0v) is 6.73. The second kappa shape index (κ2) is 3.33. The van der Waals surface area contributed by atoms with E-state index < -0.39 is 18.3 Å². The van der Waals surface area contributed by atoms with E-state index in [1.165, 1.54) is 0 Å². The van der Waals surface area contributed by atoms with E-state index in [1.54, 1.807) is 0 Å². The molecule has 0 spiro atoms. The van der Waals surface area contributed by atoms with Crippen molar-refractivity contribution in [3.63, 3.8) is 0 Å². The van der Waals surface area contributed by atoms with Gasteiger partial charge in [0, 0.05) is 0 Å². The first-order chi connectivity index (χ1) is 5.93. The second-order valence-corrected chi connectivity index (χ2v) is 2.60. The Hall–Kier alpha value is -1.11. The molecule has 1 N–H and O–H groups in total. The molecule has 4 nitrogen and oxygen atoms in total. The number of nitrogens with zero attached hydrogens (tertiary/aromatic N) is 3. The molecule has 0 aromatic carbocycles. The standard InChI is InChI=1S/C6H8F3N3O/c1-4(13)5(6(7,8)9)12-3-10-2-11-12/h2-5,13H,1H3. The van der Waals surface area contributed by atoms with Crippen LogP contribution in [0.15, 0.2) is 12.7 Å². The lowest BCUT2D eigenvalue weighted by molar-refractivity contribution is -0.192. The monoisotopic (exact) mass is 195 g/mol. The Balaban J connectivity index is 2.94. The number of halogens is 3. The number of hydrogen-bond donors (Lipinski definition) is 1. The fourth-order valence-corrected chi connectivity index (χ4v) is 1.01. The molecule has 1 aromatic rings. The summed E-state index contributed by atoms with van der Waals surface area (Å²) in [7, 11) is 0. The molecule has 0 aliphatic heterocycles. The van der Waals surface area contributed by atoms with Gasteiger partial charge in [0.2, 0.25) is 0 Å². The zero-order valence-electron chi connectivity index (χ0n) is 6.73. The Morgan fingerprint density at radius 3 is 2.38 bits per heavy atom. The molecule has 7 heteroatoms. The Kier molecular flexibility index (Phi) is 2.55. The van der Waals surface area contributed by atoms with E-state index in [2.05, 4.69) is 10.1 Å². The molecular formula is C6H8F3N3O. The zero-order chi connectivity index (χ0) is 10.1. The van der Waals surface area contributed by atoms with E-state index in [4.69, 9.17) is 5.11 Å². The maximum atomic E-state index is 12.3. The highest BCUT2D eigenvalue weighted by Crippen LogP contribution is 2.32. The molecule has 0 radical (unpaired) electrons. The summed E-state index contributed by atoms with van der Waals surface area (Å²) < 4.78 is 37.4. The summed E-state index contributed by atoms with van der Waals surface area (Å²) in [5.41, 5.74) is 0. The number of aliphatic hydroxyl groups excluding tert-OH is 1. The highest BCUT2D eigenvalue weighted by atomic mass is 19.4. The first-order valence-electron chi connectivity index (χ1n) is 3.52. The van der Waals surface area contributed by atoms with Crippen LogP contribution in [0.25, 0.3) is 0 Å². The van der Waals surface area contributed by atoms with E-state index in [-0.39, 0.29) is 0 Å². The molecule has 74 valence electrons. The quantitative estimate of drug-likeness (QED) is 0.758. The Morgan fingerprint density at radius 1 is 1.46 bits per heavy atom.